The van der Waals surface area contributed by atoms with Gasteiger partial charge in [0.25, 0.3) is 0 Å². The minimum atomic E-state index is -0.437. The standard InChI is InChI=1S/C17H24ClN3O2/c1-11-5-14(6-19-15(11)18)20-7-12-9-21(10-13(12)8-20)16(22)23-17(2,3)4/h5-6,12-13H,7-10H2,1-4H3/t12-,13+. The minimum absolute atomic E-state index is 0.192. The Bertz CT molecular complexity index is 600. The third-order valence-corrected chi connectivity index (χ3v) is 4.90. The van der Waals surface area contributed by atoms with Gasteiger partial charge in [0.15, 0.2) is 0 Å². The summed E-state index contributed by atoms with van der Waals surface area (Å²) in [5.41, 5.74) is 1.68. The van der Waals surface area contributed by atoms with Crippen LogP contribution in [-0.2, 0) is 4.74 Å². The predicted octanol–water partition coefficient (Wildman–Crippen LogP) is 3.35. The Morgan fingerprint density at radius 1 is 1.26 bits per heavy atom. The molecule has 6 heteroatoms. The topological polar surface area (TPSA) is 45.7 Å². The Balaban J connectivity index is 1.61. The second-order valence-electron chi connectivity index (χ2n) is 7.61. The SMILES string of the molecule is Cc1cc(N2C[C@H]3CN(C(=O)OC(C)(C)C)C[C@H]3C2)cnc1Cl. The first-order valence-electron chi connectivity index (χ1n) is 8.08. The van der Waals surface area contributed by atoms with E-state index in [1.165, 1.54) is 0 Å². The molecule has 2 fully saturated rings. The van der Waals surface area contributed by atoms with Gasteiger partial charge in [-0.1, -0.05) is 11.6 Å². The number of rotatable bonds is 1. The first-order chi connectivity index (χ1) is 10.7. The van der Waals surface area contributed by atoms with Gasteiger partial charge in [0.05, 0.1) is 11.9 Å². The Hall–Kier alpha value is -1.49. The van der Waals surface area contributed by atoms with E-state index in [2.05, 4.69) is 16.0 Å². The van der Waals surface area contributed by atoms with Crippen LogP contribution in [-0.4, -0.2) is 47.8 Å². The number of ether oxygens (including phenoxy) is 1. The molecule has 126 valence electrons. The maximum absolute atomic E-state index is 12.2. The van der Waals surface area contributed by atoms with Crippen LogP contribution in [0.4, 0.5) is 10.5 Å². The molecule has 0 N–H and O–H groups in total. The lowest BCUT2D eigenvalue weighted by Crippen LogP contribution is -2.37. The molecule has 3 rings (SSSR count). The molecule has 23 heavy (non-hydrogen) atoms. The molecule has 0 bridgehead atoms. The molecule has 2 atom stereocenters. The molecule has 1 aromatic rings. The van der Waals surface area contributed by atoms with E-state index in [1.54, 1.807) is 0 Å². The summed E-state index contributed by atoms with van der Waals surface area (Å²) >= 11 is 6.00. The van der Waals surface area contributed by atoms with E-state index in [-0.39, 0.29) is 6.09 Å². The van der Waals surface area contributed by atoms with E-state index in [1.807, 2.05) is 38.8 Å². The highest BCUT2D eigenvalue weighted by Crippen LogP contribution is 2.35. The third-order valence-electron chi connectivity index (χ3n) is 4.50. The van der Waals surface area contributed by atoms with E-state index in [4.69, 9.17) is 16.3 Å². The van der Waals surface area contributed by atoms with Gasteiger partial charge in [-0.05, 0) is 39.3 Å². The molecule has 0 unspecified atom stereocenters. The maximum Gasteiger partial charge on any atom is 0.410 e. The lowest BCUT2D eigenvalue weighted by molar-refractivity contribution is 0.0282. The Morgan fingerprint density at radius 3 is 2.39 bits per heavy atom. The van der Waals surface area contributed by atoms with Crippen LogP contribution >= 0.6 is 11.6 Å². The fourth-order valence-corrected chi connectivity index (χ4v) is 3.50. The van der Waals surface area contributed by atoms with Gasteiger partial charge in [0, 0.05) is 38.0 Å². The number of aromatic nitrogens is 1. The van der Waals surface area contributed by atoms with Crippen molar-refractivity contribution >= 4 is 23.4 Å². The fraction of sp³-hybridized carbons (Fsp3) is 0.647. The van der Waals surface area contributed by atoms with Crippen molar-refractivity contribution < 1.29 is 9.53 Å². The second kappa shape index (κ2) is 5.86. The molecule has 5 nitrogen and oxygen atoms in total. The lowest BCUT2D eigenvalue weighted by Gasteiger charge is -2.26. The zero-order valence-corrected chi connectivity index (χ0v) is 14.9. The molecule has 2 aliphatic heterocycles. The first-order valence-corrected chi connectivity index (χ1v) is 8.46. The predicted molar refractivity (Wildman–Crippen MR) is 91.0 cm³/mol. The van der Waals surface area contributed by atoms with Crippen LogP contribution in [0.2, 0.25) is 5.15 Å². The van der Waals surface area contributed by atoms with Crippen LogP contribution in [0, 0.1) is 18.8 Å². The number of nitrogens with zero attached hydrogens (tertiary/aromatic N) is 3. The number of hydrogen-bond acceptors (Lipinski definition) is 4. The molecular weight excluding hydrogens is 314 g/mol. The second-order valence-corrected chi connectivity index (χ2v) is 7.97. The summed E-state index contributed by atoms with van der Waals surface area (Å²) in [6.45, 7) is 11.1. The zero-order chi connectivity index (χ0) is 16.8. The van der Waals surface area contributed by atoms with Gasteiger partial charge in [-0.25, -0.2) is 9.78 Å². The van der Waals surface area contributed by atoms with E-state index in [9.17, 15) is 4.79 Å². The van der Waals surface area contributed by atoms with Gasteiger partial charge in [-0.3, -0.25) is 0 Å². The van der Waals surface area contributed by atoms with Crippen molar-refractivity contribution in [3.8, 4) is 0 Å². The molecule has 2 saturated heterocycles. The van der Waals surface area contributed by atoms with E-state index in [0.717, 1.165) is 37.4 Å². The van der Waals surface area contributed by atoms with Crippen molar-refractivity contribution in [2.24, 2.45) is 11.8 Å². The van der Waals surface area contributed by atoms with Gasteiger partial charge in [-0.15, -0.1) is 0 Å². The quantitative estimate of drug-likeness (QED) is 0.737. The molecule has 3 heterocycles. The van der Waals surface area contributed by atoms with Crippen LogP contribution in [0.3, 0.4) is 0 Å². The lowest BCUT2D eigenvalue weighted by atomic mass is 10.0. The zero-order valence-electron chi connectivity index (χ0n) is 14.2. The largest absolute Gasteiger partial charge is 0.444 e. The van der Waals surface area contributed by atoms with E-state index in [0.29, 0.717) is 17.0 Å². The molecule has 2 aliphatic rings. The van der Waals surface area contributed by atoms with Gasteiger partial charge >= 0.3 is 6.09 Å². The van der Waals surface area contributed by atoms with E-state index < -0.39 is 5.60 Å². The number of hydrogen-bond donors (Lipinski definition) is 0. The summed E-state index contributed by atoms with van der Waals surface area (Å²) in [6.07, 6.45) is 1.64. The number of halogens is 1. The molecule has 0 saturated carbocycles. The molecule has 0 spiro atoms. The van der Waals surface area contributed by atoms with Crippen molar-refractivity contribution in [2.75, 3.05) is 31.1 Å². The number of carbonyl (C=O) groups excluding carboxylic acids is 1. The number of amides is 1. The van der Waals surface area contributed by atoms with Crippen molar-refractivity contribution in [1.29, 1.82) is 0 Å². The summed E-state index contributed by atoms with van der Waals surface area (Å²) in [6, 6.07) is 2.09. The van der Waals surface area contributed by atoms with Crippen molar-refractivity contribution in [2.45, 2.75) is 33.3 Å². The smallest absolute Gasteiger partial charge is 0.410 e. The Kier molecular flexibility index (Phi) is 4.17. The van der Waals surface area contributed by atoms with Crippen LogP contribution < -0.4 is 4.90 Å². The van der Waals surface area contributed by atoms with Crippen LogP contribution in [0.1, 0.15) is 26.3 Å². The minimum Gasteiger partial charge on any atom is -0.444 e. The summed E-state index contributed by atoms with van der Waals surface area (Å²) < 4.78 is 5.48. The number of anilines is 1. The molecule has 1 amide bonds. The van der Waals surface area contributed by atoms with Crippen molar-refractivity contribution in [3.63, 3.8) is 0 Å². The molecule has 1 aromatic heterocycles. The maximum atomic E-state index is 12.2. The highest BCUT2D eigenvalue weighted by molar-refractivity contribution is 6.30. The van der Waals surface area contributed by atoms with Crippen LogP contribution in [0.15, 0.2) is 12.3 Å². The summed E-state index contributed by atoms with van der Waals surface area (Å²) in [5.74, 6) is 0.997. The van der Waals surface area contributed by atoms with Crippen molar-refractivity contribution in [1.82, 2.24) is 9.88 Å². The number of aryl methyl sites for hydroxylation is 1. The summed E-state index contributed by atoms with van der Waals surface area (Å²) in [7, 11) is 0. The van der Waals surface area contributed by atoms with Crippen LogP contribution in [0.5, 0.6) is 0 Å². The molecule has 0 aliphatic carbocycles. The van der Waals surface area contributed by atoms with Gasteiger partial charge in [0.2, 0.25) is 0 Å². The Morgan fingerprint density at radius 2 is 1.87 bits per heavy atom. The molecular formula is C17H24ClN3O2. The third kappa shape index (κ3) is 3.55. The van der Waals surface area contributed by atoms with Crippen LogP contribution in [0.25, 0.3) is 0 Å². The highest BCUT2D eigenvalue weighted by atomic mass is 35.5. The average molecular weight is 338 g/mol. The number of carbonyl (C=O) groups is 1. The first kappa shape index (κ1) is 16.4. The summed E-state index contributed by atoms with van der Waals surface area (Å²) in [4.78, 5) is 20.6. The Labute approximate surface area is 142 Å². The number of likely N-dealkylation sites (tertiary alicyclic amines) is 1. The van der Waals surface area contributed by atoms with Gasteiger partial charge < -0.3 is 14.5 Å². The van der Waals surface area contributed by atoms with Crippen molar-refractivity contribution in [3.05, 3.63) is 23.0 Å². The number of pyridine rings is 1. The van der Waals surface area contributed by atoms with Gasteiger partial charge in [0.1, 0.15) is 10.8 Å². The summed E-state index contributed by atoms with van der Waals surface area (Å²) in [5, 5.41) is 0.559. The number of fused-ring (bicyclic) bond motifs is 1. The van der Waals surface area contributed by atoms with E-state index >= 15 is 0 Å². The average Bonchev–Trinajstić information content (AvgIpc) is 2.98. The molecule has 0 aromatic carbocycles. The van der Waals surface area contributed by atoms with Gasteiger partial charge in [-0.2, -0.15) is 0 Å². The molecule has 0 radical (unpaired) electrons. The normalized spacial score (nSPS) is 24.0. The fourth-order valence-electron chi connectivity index (χ4n) is 3.40. The monoisotopic (exact) mass is 337 g/mol. The highest BCUT2D eigenvalue weighted by Gasteiger charge is 2.42.